The highest BCUT2D eigenvalue weighted by molar-refractivity contribution is 5.19. The second kappa shape index (κ2) is 6.77. The first-order valence-electron chi connectivity index (χ1n) is 6.81. The average molecular weight is 233 g/mol. The Morgan fingerprint density at radius 2 is 1.82 bits per heavy atom. The zero-order chi connectivity index (χ0) is 11.9. The number of rotatable bonds is 5. The van der Waals surface area contributed by atoms with Gasteiger partial charge in [0.25, 0.3) is 0 Å². The van der Waals surface area contributed by atoms with Crippen molar-refractivity contribution in [3.05, 3.63) is 35.9 Å². The third kappa shape index (κ3) is 3.55. The molecule has 0 aliphatic heterocycles. The van der Waals surface area contributed by atoms with Crippen LogP contribution in [0.25, 0.3) is 0 Å². The van der Waals surface area contributed by atoms with E-state index in [4.69, 9.17) is 5.11 Å². The highest BCUT2D eigenvalue weighted by Crippen LogP contribution is 2.34. The Labute approximate surface area is 104 Å². The summed E-state index contributed by atoms with van der Waals surface area (Å²) >= 11 is 0. The van der Waals surface area contributed by atoms with Crippen molar-refractivity contribution in [3.63, 3.8) is 0 Å². The molecule has 1 fully saturated rings. The molecule has 0 spiro atoms. The van der Waals surface area contributed by atoms with Crippen LogP contribution in [0, 0.1) is 5.92 Å². The molecule has 2 heteroatoms. The Bertz CT molecular complexity index is 306. The van der Waals surface area contributed by atoms with E-state index in [9.17, 15) is 0 Å². The van der Waals surface area contributed by atoms with Gasteiger partial charge in [-0.1, -0.05) is 49.6 Å². The number of nitrogens with one attached hydrogen (secondary N) is 1. The van der Waals surface area contributed by atoms with Crippen LogP contribution < -0.4 is 5.32 Å². The van der Waals surface area contributed by atoms with Gasteiger partial charge in [0, 0.05) is 12.6 Å². The minimum absolute atomic E-state index is 0.218. The molecule has 2 nitrogen and oxygen atoms in total. The van der Waals surface area contributed by atoms with Gasteiger partial charge in [-0.2, -0.15) is 0 Å². The molecule has 0 bridgehead atoms. The Morgan fingerprint density at radius 3 is 2.47 bits per heavy atom. The van der Waals surface area contributed by atoms with Crippen LogP contribution in [-0.2, 0) is 0 Å². The lowest BCUT2D eigenvalue weighted by atomic mass is 9.81. The number of aliphatic hydroxyl groups is 1. The van der Waals surface area contributed by atoms with Crippen LogP contribution in [0.5, 0.6) is 0 Å². The van der Waals surface area contributed by atoms with E-state index >= 15 is 0 Å². The maximum Gasteiger partial charge on any atom is 0.0556 e. The largest absolute Gasteiger partial charge is 0.395 e. The van der Waals surface area contributed by atoms with E-state index in [2.05, 4.69) is 35.6 Å². The first kappa shape index (κ1) is 12.6. The summed E-state index contributed by atoms with van der Waals surface area (Å²) in [5.41, 5.74) is 1.37. The molecule has 2 rings (SSSR count). The van der Waals surface area contributed by atoms with E-state index in [0.29, 0.717) is 12.6 Å². The minimum Gasteiger partial charge on any atom is -0.395 e. The molecule has 17 heavy (non-hydrogen) atoms. The van der Waals surface area contributed by atoms with E-state index < -0.39 is 0 Å². The topological polar surface area (TPSA) is 32.3 Å². The van der Waals surface area contributed by atoms with Crippen LogP contribution in [-0.4, -0.2) is 18.3 Å². The number of aliphatic hydroxyl groups excluding tert-OH is 1. The first-order chi connectivity index (χ1) is 8.42. The highest BCUT2D eigenvalue weighted by atomic mass is 16.3. The quantitative estimate of drug-likeness (QED) is 0.819. The molecule has 0 aromatic heterocycles. The number of benzene rings is 1. The van der Waals surface area contributed by atoms with Crippen molar-refractivity contribution >= 4 is 0 Å². The fourth-order valence-corrected chi connectivity index (χ4v) is 2.90. The predicted molar refractivity (Wildman–Crippen MR) is 70.8 cm³/mol. The van der Waals surface area contributed by atoms with Gasteiger partial charge in [-0.05, 0) is 24.3 Å². The zero-order valence-electron chi connectivity index (χ0n) is 10.4. The molecule has 1 saturated carbocycles. The summed E-state index contributed by atoms with van der Waals surface area (Å²) < 4.78 is 0. The van der Waals surface area contributed by atoms with E-state index in [1.54, 1.807) is 0 Å². The standard InChI is InChI=1S/C15H23NO/c17-12-11-16-15(13-7-3-1-4-8-13)14-9-5-2-6-10-14/h1,3-4,7-8,14-17H,2,5-6,9-12H2. The fraction of sp³-hybridized carbons (Fsp3) is 0.600. The molecule has 0 radical (unpaired) electrons. The second-order valence-corrected chi connectivity index (χ2v) is 4.96. The van der Waals surface area contributed by atoms with Gasteiger partial charge in [0.2, 0.25) is 0 Å². The smallest absolute Gasteiger partial charge is 0.0556 e. The van der Waals surface area contributed by atoms with Crippen molar-refractivity contribution in [2.75, 3.05) is 13.2 Å². The van der Waals surface area contributed by atoms with Crippen molar-refractivity contribution in [1.29, 1.82) is 0 Å². The highest BCUT2D eigenvalue weighted by Gasteiger charge is 2.24. The first-order valence-corrected chi connectivity index (χ1v) is 6.81. The van der Waals surface area contributed by atoms with Crippen molar-refractivity contribution in [3.8, 4) is 0 Å². The van der Waals surface area contributed by atoms with E-state index in [1.807, 2.05) is 0 Å². The molecule has 1 unspecified atom stereocenters. The molecule has 1 atom stereocenters. The SMILES string of the molecule is OCCNC(c1ccccc1)C1CCCCC1. The fourth-order valence-electron chi connectivity index (χ4n) is 2.90. The molecule has 94 valence electrons. The summed E-state index contributed by atoms with van der Waals surface area (Å²) in [6.45, 7) is 0.909. The third-order valence-corrected chi connectivity index (χ3v) is 3.76. The summed E-state index contributed by atoms with van der Waals surface area (Å²) in [6.07, 6.45) is 6.73. The predicted octanol–water partition coefficient (Wildman–Crippen LogP) is 2.89. The van der Waals surface area contributed by atoms with Crippen LogP contribution in [0.15, 0.2) is 30.3 Å². The maximum absolute atomic E-state index is 9.00. The van der Waals surface area contributed by atoms with Crippen LogP contribution in [0.1, 0.15) is 43.7 Å². The van der Waals surface area contributed by atoms with Crippen molar-refractivity contribution in [2.24, 2.45) is 5.92 Å². The van der Waals surface area contributed by atoms with E-state index in [1.165, 1.54) is 37.7 Å². The third-order valence-electron chi connectivity index (χ3n) is 3.76. The van der Waals surface area contributed by atoms with Crippen molar-refractivity contribution < 1.29 is 5.11 Å². The number of hydrogen-bond acceptors (Lipinski definition) is 2. The minimum atomic E-state index is 0.218. The summed E-state index contributed by atoms with van der Waals surface area (Å²) in [5, 5.41) is 12.5. The molecule has 0 amide bonds. The summed E-state index contributed by atoms with van der Waals surface area (Å²) in [7, 11) is 0. The van der Waals surface area contributed by atoms with Gasteiger partial charge in [0.05, 0.1) is 6.61 Å². The molecule has 0 heterocycles. The Morgan fingerprint density at radius 1 is 1.12 bits per heavy atom. The molecule has 2 N–H and O–H groups in total. The van der Waals surface area contributed by atoms with Crippen LogP contribution in [0.3, 0.4) is 0 Å². The summed E-state index contributed by atoms with van der Waals surface area (Å²) in [4.78, 5) is 0. The summed E-state index contributed by atoms with van der Waals surface area (Å²) in [5.74, 6) is 0.734. The normalized spacial score (nSPS) is 19.1. The molecular weight excluding hydrogens is 210 g/mol. The summed E-state index contributed by atoms with van der Waals surface area (Å²) in [6, 6.07) is 11.1. The van der Waals surface area contributed by atoms with Gasteiger partial charge in [-0.25, -0.2) is 0 Å². The monoisotopic (exact) mass is 233 g/mol. The molecule has 1 aliphatic carbocycles. The molecule has 1 aromatic carbocycles. The maximum atomic E-state index is 9.00. The van der Waals surface area contributed by atoms with Crippen molar-refractivity contribution in [1.82, 2.24) is 5.32 Å². The Hall–Kier alpha value is -0.860. The van der Waals surface area contributed by atoms with Gasteiger partial charge in [-0.15, -0.1) is 0 Å². The van der Waals surface area contributed by atoms with Crippen LogP contribution in [0.2, 0.25) is 0 Å². The van der Waals surface area contributed by atoms with Gasteiger partial charge in [0.15, 0.2) is 0 Å². The lowest BCUT2D eigenvalue weighted by Crippen LogP contribution is -2.31. The van der Waals surface area contributed by atoms with Gasteiger partial charge in [0.1, 0.15) is 0 Å². The zero-order valence-corrected chi connectivity index (χ0v) is 10.4. The van der Waals surface area contributed by atoms with E-state index in [-0.39, 0.29) is 6.61 Å². The van der Waals surface area contributed by atoms with E-state index in [0.717, 1.165) is 5.92 Å². The van der Waals surface area contributed by atoms with Crippen LogP contribution >= 0.6 is 0 Å². The Kier molecular flexibility index (Phi) is 5.02. The average Bonchev–Trinajstić information content (AvgIpc) is 2.42. The van der Waals surface area contributed by atoms with Crippen molar-refractivity contribution in [2.45, 2.75) is 38.1 Å². The van der Waals surface area contributed by atoms with Gasteiger partial charge in [-0.3, -0.25) is 0 Å². The number of hydrogen-bond donors (Lipinski definition) is 2. The molecule has 0 saturated heterocycles. The lowest BCUT2D eigenvalue weighted by molar-refractivity contribution is 0.240. The van der Waals surface area contributed by atoms with Gasteiger partial charge >= 0.3 is 0 Å². The molecular formula is C15H23NO. The van der Waals surface area contributed by atoms with Crippen LogP contribution in [0.4, 0.5) is 0 Å². The molecule has 1 aromatic rings. The second-order valence-electron chi connectivity index (χ2n) is 4.96. The lowest BCUT2D eigenvalue weighted by Gasteiger charge is -2.31. The van der Waals surface area contributed by atoms with Gasteiger partial charge < -0.3 is 10.4 Å². The Balaban J connectivity index is 2.06. The molecule has 1 aliphatic rings.